The van der Waals surface area contributed by atoms with E-state index in [1.165, 1.54) is 41.8 Å². The molecule has 0 aliphatic carbocycles. The van der Waals surface area contributed by atoms with Gasteiger partial charge < -0.3 is 10.1 Å². The van der Waals surface area contributed by atoms with Crippen LogP contribution in [0.1, 0.15) is 5.56 Å². The zero-order valence-corrected chi connectivity index (χ0v) is 18.2. The molecule has 0 fully saturated rings. The second-order valence-corrected chi connectivity index (χ2v) is 9.06. The summed E-state index contributed by atoms with van der Waals surface area (Å²) < 4.78 is 32.4. The normalized spacial score (nSPS) is 10.8. The molecule has 1 amide bonds. The minimum atomic E-state index is -3.73. The Hall–Kier alpha value is -3.02. The molecule has 0 radical (unpaired) electrons. The van der Waals surface area contributed by atoms with Gasteiger partial charge in [0, 0.05) is 17.3 Å². The maximum atomic E-state index is 12.3. The molecule has 0 spiro atoms. The van der Waals surface area contributed by atoms with Gasteiger partial charge in [-0.2, -0.15) is 0 Å². The van der Waals surface area contributed by atoms with Crippen LogP contribution >= 0.6 is 23.6 Å². The SMILES string of the molecule is Cc1ccc(OCC(=O)NC(=S)Nc2ccc(S(=O)(=O)Nc3nccs3)cc2)cc1. The maximum absolute atomic E-state index is 12.3. The van der Waals surface area contributed by atoms with Crippen molar-refractivity contribution in [1.29, 1.82) is 0 Å². The molecule has 0 aliphatic rings. The molecule has 3 rings (SSSR count). The lowest BCUT2D eigenvalue weighted by Gasteiger charge is -2.11. The Kier molecular flexibility index (Phi) is 6.98. The van der Waals surface area contributed by atoms with Crippen molar-refractivity contribution in [3.8, 4) is 5.75 Å². The predicted octanol–water partition coefficient (Wildman–Crippen LogP) is 3.14. The van der Waals surface area contributed by atoms with Crippen molar-refractivity contribution in [2.75, 3.05) is 16.6 Å². The van der Waals surface area contributed by atoms with E-state index in [-0.39, 0.29) is 21.7 Å². The second kappa shape index (κ2) is 9.65. The number of thiocarbonyl (C=S) groups is 1. The monoisotopic (exact) mass is 462 g/mol. The quantitative estimate of drug-likeness (QED) is 0.463. The van der Waals surface area contributed by atoms with Crippen molar-refractivity contribution < 1.29 is 17.9 Å². The number of rotatable bonds is 7. The number of sulfonamides is 1. The first-order chi connectivity index (χ1) is 14.3. The molecule has 8 nitrogen and oxygen atoms in total. The van der Waals surface area contributed by atoms with Gasteiger partial charge in [0.1, 0.15) is 5.75 Å². The molecule has 0 saturated carbocycles. The third kappa shape index (κ3) is 6.24. The number of nitrogens with one attached hydrogen (secondary N) is 3. The molecule has 0 bridgehead atoms. The van der Waals surface area contributed by atoms with Gasteiger partial charge in [-0.25, -0.2) is 13.4 Å². The van der Waals surface area contributed by atoms with Crippen molar-refractivity contribution in [3.63, 3.8) is 0 Å². The lowest BCUT2D eigenvalue weighted by molar-refractivity contribution is -0.121. The van der Waals surface area contributed by atoms with Crippen LogP contribution in [0.3, 0.4) is 0 Å². The van der Waals surface area contributed by atoms with E-state index in [4.69, 9.17) is 17.0 Å². The van der Waals surface area contributed by atoms with E-state index < -0.39 is 15.9 Å². The number of carbonyl (C=O) groups is 1. The third-order valence-electron chi connectivity index (χ3n) is 3.72. The summed E-state index contributed by atoms with van der Waals surface area (Å²) in [5, 5.41) is 7.36. The standard InChI is InChI=1S/C19H18N4O4S3/c1-13-2-6-15(7-3-13)27-12-17(24)22-18(28)21-14-4-8-16(9-5-14)30(25,26)23-19-20-10-11-29-19/h2-11H,12H2,1H3,(H,20,23)(H2,21,22,24,28). The van der Waals surface area contributed by atoms with E-state index in [1.807, 2.05) is 19.1 Å². The number of benzene rings is 2. The number of carbonyl (C=O) groups excluding carboxylic acids is 1. The summed E-state index contributed by atoms with van der Waals surface area (Å²) in [6, 6.07) is 13.2. The van der Waals surface area contributed by atoms with Gasteiger partial charge in [-0.05, 0) is 55.5 Å². The number of aryl methyl sites for hydroxylation is 1. The average molecular weight is 463 g/mol. The Morgan fingerprint density at radius 2 is 1.83 bits per heavy atom. The van der Waals surface area contributed by atoms with E-state index in [2.05, 4.69) is 20.3 Å². The Balaban J connectivity index is 1.50. The topological polar surface area (TPSA) is 109 Å². The molecule has 3 aromatic rings. The molecule has 11 heteroatoms. The molecule has 0 saturated heterocycles. The Morgan fingerprint density at radius 1 is 1.13 bits per heavy atom. The summed E-state index contributed by atoms with van der Waals surface area (Å²) in [5.74, 6) is 0.165. The first-order valence-electron chi connectivity index (χ1n) is 8.64. The number of anilines is 2. The van der Waals surface area contributed by atoms with E-state index in [0.717, 1.165) is 5.56 Å². The van der Waals surface area contributed by atoms with Crippen molar-refractivity contribution in [2.45, 2.75) is 11.8 Å². The van der Waals surface area contributed by atoms with Gasteiger partial charge in [-0.15, -0.1) is 11.3 Å². The predicted molar refractivity (Wildman–Crippen MR) is 120 cm³/mol. The average Bonchev–Trinajstić information content (AvgIpc) is 3.20. The van der Waals surface area contributed by atoms with Crippen LogP contribution in [0.5, 0.6) is 5.75 Å². The van der Waals surface area contributed by atoms with Gasteiger partial charge >= 0.3 is 0 Å². The summed E-state index contributed by atoms with van der Waals surface area (Å²) in [6.45, 7) is 1.77. The number of nitrogens with zero attached hydrogens (tertiary/aromatic N) is 1. The molecule has 156 valence electrons. The zero-order chi connectivity index (χ0) is 21.6. The highest BCUT2D eigenvalue weighted by Crippen LogP contribution is 2.19. The highest BCUT2D eigenvalue weighted by Gasteiger charge is 2.15. The number of amides is 1. The minimum absolute atomic E-state index is 0.0732. The number of thiazole rings is 1. The van der Waals surface area contributed by atoms with E-state index >= 15 is 0 Å². The summed E-state index contributed by atoms with van der Waals surface area (Å²) >= 11 is 6.29. The highest BCUT2D eigenvalue weighted by atomic mass is 32.2. The van der Waals surface area contributed by atoms with E-state index in [0.29, 0.717) is 11.4 Å². The van der Waals surface area contributed by atoms with Crippen LogP contribution in [0.25, 0.3) is 0 Å². The number of hydrogen-bond acceptors (Lipinski definition) is 7. The van der Waals surface area contributed by atoms with Crippen LogP contribution in [0, 0.1) is 6.92 Å². The molecule has 1 heterocycles. The molecule has 3 N–H and O–H groups in total. The van der Waals surface area contributed by atoms with Crippen LogP contribution in [-0.4, -0.2) is 31.0 Å². The summed E-state index contributed by atoms with van der Waals surface area (Å²) in [7, 11) is -3.73. The van der Waals surface area contributed by atoms with Gasteiger partial charge in [-0.3, -0.25) is 14.8 Å². The van der Waals surface area contributed by atoms with Crippen LogP contribution in [0.15, 0.2) is 65.0 Å². The Bertz CT molecular complexity index is 1110. The summed E-state index contributed by atoms with van der Waals surface area (Å²) in [6.07, 6.45) is 1.51. The van der Waals surface area contributed by atoms with Gasteiger partial charge in [0.15, 0.2) is 16.9 Å². The number of aromatic nitrogens is 1. The smallest absolute Gasteiger partial charge is 0.264 e. The van der Waals surface area contributed by atoms with Crippen LogP contribution in [-0.2, 0) is 14.8 Å². The largest absolute Gasteiger partial charge is 0.484 e. The molecule has 0 atom stereocenters. The van der Waals surface area contributed by atoms with E-state index in [1.54, 1.807) is 17.5 Å². The number of ether oxygens (including phenoxy) is 1. The molecule has 1 aromatic heterocycles. The maximum Gasteiger partial charge on any atom is 0.264 e. The fourth-order valence-electron chi connectivity index (χ4n) is 2.27. The van der Waals surface area contributed by atoms with Crippen LogP contribution in [0.4, 0.5) is 10.8 Å². The molecule has 2 aromatic carbocycles. The van der Waals surface area contributed by atoms with Crippen LogP contribution < -0.4 is 20.1 Å². The van der Waals surface area contributed by atoms with Crippen LogP contribution in [0.2, 0.25) is 0 Å². The van der Waals surface area contributed by atoms with Gasteiger partial charge in [0.25, 0.3) is 15.9 Å². The molecule has 0 unspecified atom stereocenters. The third-order valence-corrected chi connectivity index (χ3v) is 6.10. The minimum Gasteiger partial charge on any atom is -0.484 e. The van der Waals surface area contributed by atoms with E-state index in [9.17, 15) is 13.2 Å². The first-order valence-corrected chi connectivity index (χ1v) is 11.4. The molecule has 30 heavy (non-hydrogen) atoms. The van der Waals surface area contributed by atoms with Gasteiger partial charge in [0.05, 0.1) is 4.90 Å². The van der Waals surface area contributed by atoms with Crippen molar-refractivity contribution >= 4 is 55.4 Å². The van der Waals surface area contributed by atoms with Crippen molar-refractivity contribution in [2.24, 2.45) is 0 Å². The first kappa shape index (κ1) is 21.7. The summed E-state index contributed by atoms with van der Waals surface area (Å²) in [4.78, 5) is 15.9. The fourth-order valence-corrected chi connectivity index (χ4v) is 4.29. The lowest BCUT2D eigenvalue weighted by Crippen LogP contribution is -2.37. The van der Waals surface area contributed by atoms with Crippen molar-refractivity contribution in [1.82, 2.24) is 10.3 Å². The van der Waals surface area contributed by atoms with Crippen molar-refractivity contribution in [3.05, 3.63) is 65.7 Å². The summed E-state index contributed by atoms with van der Waals surface area (Å²) in [5.41, 5.74) is 1.61. The Morgan fingerprint density at radius 3 is 2.47 bits per heavy atom. The fraction of sp³-hybridized carbons (Fsp3) is 0.105. The highest BCUT2D eigenvalue weighted by molar-refractivity contribution is 7.93. The Labute approximate surface area is 183 Å². The number of hydrogen-bond donors (Lipinski definition) is 3. The second-order valence-electron chi connectivity index (χ2n) is 6.07. The zero-order valence-electron chi connectivity index (χ0n) is 15.8. The van der Waals surface area contributed by atoms with Gasteiger partial charge in [-0.1, -0.05) is 17.7 Å². The molecular formula is C19H18N4O4S3. The molecular weight excluding hydrogens is 444 g/mol. The lowest BCUT2D eigenvalue weighted by atomic mass is 10.2. The van der Waals surface area contributed by atoms with Gasteiger partial charge in [0.2, 0.25) is 0 Å². The molecule has 0 aliphatic heterocycles.